The molecule has 0 aromatic heterocycles. The third kappa shape index (κ3) is 7.91. The van der Waals surface area contributed by atoms with Gasteiger partial charge in [-0.05, 0) is 55.9 Å². The molecule has 2 aromatic rings. The van der Waals surface area contributed by atoms with Crippen LogP contribution >= 0.6 is 0 Å². The molecule has 5 amide bonds. The van der Waals surface area contributed by atoms with Crippen molar-refractivity contribution in [3.05, 3.63) is 65.2 Å². The lowest BCUT2D eigenvalue weighted by atomic mass is 9.99. The molecule has 0 radical (unpaired) electrons. The Labute approximate surface area is 252 Å². The average Bonchev–Trinajstić information content (AvgIpc) is 3.19. The lowest BCUT2D eigenvalue weighted by molar-refractivity contribution is -0.138. The van der Waals surface area contributed by atoms with Crippen molar-refractivity contribution in [2.24, 2.45) is 5.92 Å². The van der Waals surface area contributed by atoms with Gasteiger partial charge in [0.15, 0.2) is 0 Å². The number of nitrogens with one attached hydrogen (secondary N) is 4. The van der Waals surface area contributed by atoms with E-state index in [0.717, 1.165) is 0 Å². The van der Waals surface area contributed by atoms with Crippen molar-refractivity contribution in [2.75, 3.05) is 26.2 Å². The average molecular weight is 592 g/mol. The van der Waals surface area contributed by atoms with Crippen LogP contribution < -0.4 is 26.0 Å². The van der Waals surface area contributed by atoms with Crippen LogP contribution in [0.1, 0.15) is 55.6 Å². The van der Waals surface area contributed by atoms with Crippen molar-refractivity contribution >= 4 is 29.5 Å². The Kier molecular flexibility index (Phi) is 10.1. The summed E-state index contributed by atoms with van der Waals surface area (Å²) in [6, 6.07) is 12.6. The van der Waals surface area contributed by atoms with Crippen LogP contribution in [-0.2, 0) is 32.0 Å². The topological polar surface area (TPSA) is 146 Å². The van der Waals surface area contributed by atoms with E-state index in [0.29, 0.717) is 25.9 Å². The van der Waals surface area contributed by atoms with Gasteiger partial charge in [-0.25, -0.2) is 0 Å². The molecule has 2 aliphatic rings. The molecule has 4 rings (SSSR count). The highest BCUT2D eigenvalue weighted by Gasteiger charge is 2.36. The molecule has 0 saturated heterocycles. The standard InChI is InChI=1S/C32H41N5O6/c1-20(2)27-29(40)33-15-18-43-25-12-8-7-11-23(25)28(39)34-24(19-26(38)36-32(3,4)31(42)35-27)30(41)37-16-13-21-9-5-6-10-22(21)14-17-37/h5-12,20,24,27H,13-19H2,1-4H3,(H,33,40)(H,34,39)(H,35,42)(H,36,38)/t24-,27+/m0/s1. The minimum Gasteiger partial charge on any atom is -0.491 e. The number of carbonyl (C=O) groups is 5. The second kappa shape index (κ2) is 13.7. The highest BCUT2D eigenvalue weighted by atomic mass is 16.5. The fraction of sp³-hybridized carbons (Fsp3) is 0.469. The van der Waals surface area contributed by atoms with Gasteiger partial charge in [-0.2, -0.15) is 0 Å². The van der Waals surface area contributed by atoms with Gasteiger partial charge >= 0.3 is 0 Å². The molecular formula is C32H41N5O6. The van der Waals surface area contributed by atoms with Crippen LogP contribution in [0, 0.1) is 5.92 Å². The molecular weight excluding hydrogens is 550 g/mol. The number of rotatable bonds is 2. The Morgan fingerprint density at radius 3 is 2.21 bits per heavy atom. The van der Waals surface area contributed by atoms with E-state index < -0.39 is 41.3 Å². The molecule has 4 N–H and O–H groups in total. The first kappa shape index (κ1) is 31.5. The predicted octanol–water partition coefficient (Wildman–Crippen LogP) is 1.35. The van der Waals surface area contributed by atoms with Gasteiger partial charge in [0.25, 0.3) is 5.91 Å². The fourth-order valence-electron chi connectivity index (χ4n) is 5.27. The maximum atomic E-state index is 13.9. The summed E-state index contributed by atoms with van der Waals surface area (Å²) in [7, 11) is 0. The monoisotopic (exact) mass is 591 g/mol. The summed E-state index contributed by atoms with van der Waals surface area (Å²) in [6.45, 7) is 7.73. The van der Waals surface area contributed by atoms with E-state index in [2.05, 4.69) is 21.3 Å². The second-order valence-corrected chi connectivity index (χ2v) is 11.8. The van der Waals surface area contributed by atoms with Gasteiger partial charge in [0.2, 0.25) is 23.6 Å². The number of hydrogen-bond acceptors (Lipinski definition) is 6. The summed E-state index contributed by atoms with van der Waals surface area (Å²) in [4.78, 5) is 68.6. The first-order valence-corrected chi connectivity index (χ1v) is 14.7. The molecule has 0 bridgehead atoms. The Bertz CT molecular complexity index is 1350. The largest absolute Gasteiger partial charge is 0.491 e. The minimum atomic E-state index is -1.41. The lowest BCUT2D eigenvalue weighted by Crippen LogP contribution is -2.61. The minimum absolute atomic E-state index is 0.0665. The van der Waals surface area contributed by atoms with Gasteiger partial charge in [-0.15, -0.1) is 0 Å². The maximum Gasteiger partial charge on any atom is 0.255 e. The number of amides is 5. The Hall–Kier alpha value is -4.41. The molecule has 43 heavy (non-hydrogen) atoms. The summed E-state index contributed by atoms with van der Waals surface area (Å²) in [5.74, 6) is -2.47. The number of para-hydroxylation sites is 1. The molecule has 0 spiro atoms. The Balaban J connectivity index is 1.62. The molecule has 11 heteroatoms. The molecule has 0 saturated carbocycles. The van der Waals surface area contributed by atoms with Crippen LogP contribution in [-0.4, -0.2) is 78.3 Å². The van der Waals surface area contributed by atoms with Crippen molar-refractivity contribution in [3.8, 4) is 5.75 Å². The van der Waals surface area contributed by atoms with E-state index in [4.69, 9.17) is 4.74 Å². The summed E-state index contributed by atoms with van der Waals surface area (Å²) in [5.41, 5.74) is 1.12. The summed E-state index contributed by atoms with van der Waals surface area (Å²) in [5, 5.41) is 11.0. The molecule has 230 valence electrons. The van der Waals surface area contributed by atoms with Crippen molar-refractivity contribution in [3.63, 3.8) is 0 Å². The smallest absolute Gasteiger partial charge is 0.255 e. The third-order valence-electron chi connectivity index (χ3n) is 7.77. The molecule has 11 nitrogen and oxygen atoms in total. The zero-order chi connectivity index (χ0) is 31.1. The van der Waals surface area contributed by atoms with E-state index >= 15 is 0 Å². The number of ether oxygens (including phenoxy) is 1. The normalized spacial score (nSPS) is 21.9. The van der Waals surface area contributed by atoms with Gasteiger partial charge in [0.05, 0.1) is 18.5 Å². The van der Waals surface area contributed by atoms with Crippen molar-refractivity contribution < 1.29 is 28.7 Å². The molecule has 0 unspecified atom stereocenters. The molecule has 0 aliphatic carbocycles. The van der Waals surface area contributed by atoms with E-state index in [-0.39, 0.29) is 42.7 Å². The number of benzene rings is 2. The van der Waals surface area contributed by atoms with E-state index in [9.17, 15) is 24.0 Å². The van der Waals surface area contributed by atoms with Gasteiger partial charge in [0.1, 0.15) is 30.0 Å². The number of fused-ring (bicyclic) bond motifs is 2. The Morgan fingerprint density at radius 1 is 0.930 bits per heavy atom. The van der Waals surface area contributed by atoms with Crippen LogP contribution in [0.15, 0.2) is 48.5 Å². The van der Waals surface area contributed by atoms with E-state index in [1.807, 2.05) is 24.3 Å². The van der Waals surface area contributed by atoms with Gasteiger partial charge in [-0.3, -0.25) is 24.0 Å². The van der Waals surface area contributed by atoms with Crippen LogP contribution in [0.3, 0.4) is 0 Å². The van der Waals surface area contributed by atoms with Crippen molar-refractivity contribution in [1.29, 1.82) is 0 Å². The van der Waals surface area contributed by atoms with Gasteiger partial charge < -0.3 is 30.9 Å². The van der Waals surface area contributed by atoms with E-state index in [1.54, 1.807) is 43.0 Å². The summed E-state index contributed by atoms with van der Waals surface area (Å²) in [6.07, 6.45) is 0.923. The highest BCUT2D eigenvalue weighted by molar-refractivity contribution is 6.01. The van der Waals surface area contributed by atoms with Crippen LogP contribution in [0.4, 0.5) is 0 Å². The van der Waals surface area contributed by atoms with Crippen LogP contribution in [0.5, 0.6) is 5.75 Å². The van der Waals surface area contributed by atoms with Crippen LogP contribution in [0.25, 0.3) is 0 Å². The molecule has 2 heterocycles. The highest BCUT2D eigenvalue weighted by Crippen LogP contribution is 2.20. The first-order valence-electron chi connectivity index (χ1n) is 14.7. The molecule has 2 aliphatic heterocycles. The zero-order valence-corrected chi connectivity index (χ0v) is 25.2. The van der Waals surface area contributed by atoms with Gasteiger partial charge in [-0.1, -0.05) is 50.2 Å². The predicted molar refractivity (Wildman–Crippen MR) is 160 cm³/mol. The molecule has 2 aromatic carbocycles. The SMILES string of the molecule is CC(C)[C@H]1NC(=O)C(C)(C)NC(=O)C[C@@H](C(=O)N2CCc3ccccc3CC2)NC(=O)c2ccccc2OCCNC1=O. The van der Waals surface area contributed by atoms with E-state index in [1.165, 1.54) is 25.0 Å². The number of nitrogens with zero attached hydrogens (tertiary/aromatic N) is 1. The fourth-order valence-corrected chi connectivity index (χ4v) is 5.27. The molecule has 2 atom stereocenters. The maximum absolute atomic E-state index is 13.9. The first-order chi connectivity index (χ1) is 20.5. The quantitative estimate of drug-likeness (QED) is 0.415. The molecule has 0 fully saturated rings. The number of carbonyl (C=O) groups excluding carboxylic acids is 5. The summed E-state index contributed by atoms with van der Waals surface area (Å²) < 4.78 is 5.83. The second-order valence-electron chi connectivity index (χ2n) is 11.8. The van der Waals surface area contributed by atoms with Crippen molar-refractivity contribution in [1.82, 2.24) is 26.2 Å². The van der Waals surface area contributed by atoms with Crippen LogP contribution in [0.2, 0.25) is 0 Å². The third-order valence-corrected chi connectivity index (χ3v) is 7.77. The summed E-state index contributed by atoms with van der Waals surface area (Å²) >= 11 is 0. The number of hydrogen-bond donors (Lipinski definition) is 4. The lowest BCUT2D eigenvalue weighted by Gasteiger charge is -2.30. The van der Waals surface area contributed by atoms with Crippen molar-refractivity contribution in [2.45, 2.75) is 64.6 Å². The zero-order valence-electron chi connectivity index (χ0n) is 25.2. The van der Waals surface area contributed by atoms with Gasteiger partial charge in [0, 0.05) is 13.1 Å². The Morgan fingerprint density at radius 2 is 1.56 bits per heavy atom.